The summed E-state index contributed by atoms with van der Waals surface area (Å²) in [5.41, 5.74) is 0. The molecular weight excluding hydrogens is 352 g/mol. The number of carboxylic acids is 2. The van der Waals surface area contributed by atoms with Crippen LogP contribution >= 0.6 is 0 Å². The van der Waals surface area contributed by atoms with Gasteiger partial charge < -0.3 is 15.5 Å². The van der Waals surface area contributed by atoms with Crippen LogP contribution in [-0.4, -0.2) is 34.1 Å². The zero-order valence-corrected chi connectivity index (χ0v) is 17.1. The van der Waals surface area contributed by atoms with Crippen molar-refractivity contribution in [2.24, 2.45) is 0 Å². The van der Waals surface area contributed by atoms with Crippen LogP contribution in [-0.2, 0) is 33.9 Å². The molecule has 0 saturated carbocycles. The Balaban J connectivity index is 0. The van der Waals surface area contributed by atoms with Gasteiger partial charge in [-0.3, -0.25) is 9.59 Å². The van der Waals surface area contributed by atoms with Crippen LogP contribution in [0.15, 0.2) is 0 Å². The number of carbonyl (C=O) groups is 3. The molecule has 0 aromatic heterocycles. The van der Waals surface area contributed by atoms with Gasteiger partial charge in [0.1, 0.15) is 6.04 Å². The van der Waals surface area contributed by atoms with Crippen molar-refractivity contribution in [1.29, 1.82) is 0 Å². The third-order valence-electron chi connectivity index (χ3n) is 3.52. The first-order chi connectivity index (χ1) is 10.5. The van der Waals surface area contributed by atoms with E-state index in [-0.39, 0.29) is 25.9 Å². The summed E-state index contributed by atoms with van der Waals surface area (Å²) in [6.45, 7) is 2.19. The van der Waals surface area contributed by atoms with Crippen molar-refractivity contribution >= 4 is 17.8 Å². The maximum absolute atomic E-state index is 11.6. The molecule has 130 valence electrons. The van der Waals surface area contributed by atoms with Crippen LogP contribution in [0.5, 0.6) is 0 Å². The Hall–Kier alpha value is -0.967. The summed E-state index contributed by atoms with van der Waals surface area (Å²) in [5, 5.41) is 19.7. The summed E-state index contributed by atoms with van der Waals surface area (Å²) in [4.78, 5) is 32.9. The molecule has 0 rings (SSSR count). The summed E-state index contributed by atoms with van der Waals surface area (Å²) in [6.07, 6.45) is 9.87. The van der Waals surface area contributed by atoms with E-state index in [0.717, 1.165) is 12.8 Å². The largest absolute Gasteiger partial charge is 0.481 e. The summed E-state index contributed by atoms with van der Waals surface area (Å²) in [7, 11) is 0. The Labute approximate surface area is 151 Å². The van der Waals surface area contributed by atoms with Gasteiger partial charge in [0.2, 0.25) is 5.91 Å². The third kappa shape index (κ3) is 15.7. The van der Waals surface area contributed by atoms with Crippen LogP contribution in [0.2, 0.25) is 0 Å². The van der Waals surface area contributed by atoms with Gasteiger partial charge in [-0.15, -0.1) is 0 Å². The summed E-state index contributed by atoms with van der Waals surface area (Å²) in [5.74, 6) is -2.95. The molecule has 3 N–H and O–H groups in total. The fourth-order valence-electron chi connectivity index (χ4n) is 2.24. The van der Waals surface area contributed by atoms with Gasteiger partial charge in [-0.1, -0.05) is 58.3 Å². The molecule has 7 heteroatoms. The average molecular weight is 381 g/mol. The molecule has 0 radical (unpaired) electrons. The molecule has 0 spiro atoms. The number of aliphatic carboxylic acids is 2. The molecule has 0 heterocycles. The van der Waals surface area contributed by atoms with Gasteiger partial charge in [-0.05, 0) is 6.42 Å². The third-order valence-corrected chi connectivity index (χ3v) is 3.52. The van der Waals surface area contributed by atoms with Gasteiger partial charge in [0.15, 0.2) is 0 Å². The van der Waals surface area contributed by atoms with Crippen molar-refractivity contribution in [1.82, 2.24) is 5.32 Å². The first-order valence-electron chi connectivity index (χ1n) is 8.21. The number of carboxylic acid groups (broad SMARTS) is 2. The predicted octanol–water partition coefficient (Wildman–Crippen LogP) is 2.95. The van der Waals surface area contributed by atoms with E-state index in [2.05, 4.69) is 12.2 Å². The van der Waals surface area contributed by atoms with E-state index >= 15 is 0 Å². The van der Waals surface area contributed by atoms with Crippen molar-refractivity contribution in [3.05, 3.63) is 0 Å². The maximum atomic E-state index is 11.6. The number of carbonyl (C=O) groups excluding carboxylic acids is 1. The van der Waals surface area contributed by atoms with Crippen LogP contribution in [0.3, 0.4) is 0 Å². The normalized spacial score (nSPS) is 11.3. The van der Waals surface area contributed by atoms with Crippen LogP contribution < -0.4 is 5.32 Å². The Morgan fingerprint density at radius 1 is 0.870 bits per heavy atom. The van der Waals surface area contributed by atoms with Gasteiger partial charge in [0.25, 0.3) is 0 Å². The first-order valence-corrected chi connectivity index (χ1v) is 8.21. The van der Waals surface area contributed by atoms with Crippen molar-refractivity contribution in [2.45, 2.75) is 83.6 Å². The van der Waals surface area contributed by atoms with E-state index in [1.54, 1.807) is 0 Å². The van der Waals surface area contributed by atoms with Crippen LogP contribution in [0.1, 0.15) is 77.6 Å². The minimum absolute atomic E-state index is 0. The summed E-state index contributed by atoms with van der Waals surface area (Å²) >= 11 is 0. The Bertz CT molecular complexity index is 349. The van der Waals surface area contributed by atoms with E-state index in [4.69, 9.17) is 10.2 Å². The van der Waals surface area contributed by atoms with Gasteiger partial charge in [0, 0.05) is 25.9 Å². The molecule has 1 amide bonds. The average Bonchev–Trinajstić information content (AvgIpc) is 2.44. The number of rotatable bonds is 14. The van der Waals surface area contributed by atoms with E-state index in [1.807, 2.05) is 0 Å². The van der Waals surface area contributed by atoms with Gasteiger partial charge in [-0.25, -0.2) is 4.79 Å². The number of hydrogen-bond acceptors (Lipinski definition) is 3. The molecule has 0 aromatic rings. The predicted molar refractivity (Wildman–Crippen MR) is 83.7 cm³/mol. The second-order valence-corrected chi connectivity index (χ2v) is 5.63. The molecule has 0 unspecified atom stereocenters. The van der Waals surface area contributed by atoms with Crippen LogP contribution in [0, 0.1) is 0 Å². The van der Waals surface area contributed by atoms with Crippen molar-refractivity contribution in [3.8, 4) is 0 Å². The molecule has 1 atom stereocenters. The maximum Gasteiger partial charge on any atom is 0.326 e. The number of hydrogen-bond donors (Lipinski definition) is 3. The van der Waals surface area contributed by atoms with Crippen molar-refractivity contribution in [3.63, 3.8) is 0 Å². The van der Waals surface area contributed by atoms with Crippen LogP contribution in [0.4, 0.5) is 0 Å². The number of nitrogens with one attached hydrogen (secondary N) is 1. The van der Waals surface area contributed by atoms with E-state index in [9.17, 15) is 14.4 Å². The SMILES string of the molecule is CCCCCCCCCCCC(=O)N[C@@H](CC(=O)O)C(=O)O.[Zn]. The van der Waals surface area contributed by atoms with Gasteiger partial charge in [0.05, 0.1) is 6.42 Å². The molecular formula is C16H29NO5Zn. The molecule has 0 aromatic carbocycles. The quantitative estimate of drug-likeness (QED) is 0.317. The molecule has 0 saturated heterocycles. The van der Waals surface area contributed by atoms with E-state index in [0.29, 0.717) is 6.42 Å². The first kappa shape index (κ1) is 24.3. The molecule has 0 fully saturated rings. The van der Waals surface area contributed by atoms with Gasteiger partial charge >= 0.3 is 11.9 Å². The van der Waals surface area contributed by atoms with Crippen molar-refractivity contribution in [2.75, 3.05) is 0 Å². The summed E-state index contributed by atoms with van der Waals surface area (Å²) in [6, 6.07) is -1.34. The molecule has 0 bridgehead atoms. The molecule has 0 aliphatic rings. The molecule has 0 aliphatic heterocycles. The minimum atomic E-state index is -1.34. The van der Waals surface area contributed by atoms with Crippen LogP contribution in [0.25, 0.3) is 0 Å². The fourth-order valence-corrected chi connectivity index (χ4v) is 2.24. The molecule has 0 aliphatic carbocycles. The molecule has 6 nitrogen and oxygen atoms in total. The number of amides is 1. The van der Waals surface area contributed by atoms with Gasteiger partial charge in [-0.2, -0.15) is 0 Å². The topological polar surface area (TPSA) is 104 Å². The summed E-state index contributed by atoms with van der Waals surface area (Å²) < 4.78 is 0. The Morgan fingerprint density at radius 2 is 1.35 bits per heavy atom. The van der Waals surface area contributed by atoms with E-state index in [1.165, 1.54) is 38.5 Å². The number of unbranched alkanes of at least 4 members (excludes halogenated alkanes) is 8. The zero-order chi connectivity index (χ0) is 16.8. The second-order valence-electron chi connectivity index (χ2n) is 5.63. The molecule has 23 heavy (non-hydrogen) atoms. The van der Waals surface area contributed by atoms with E-state index < -0.39 is 30.3 Å². The standard InChI is InChI=1S/C16H29NO5.Zn/c1-2-3-4-5-6-7-8-9-10-11-14(18)17-13(16(21)22)12-15(19)20;/h13H,2-12H2,1H3,(H,17,18)(H,19,20)(H,21,22);/t13-;/m0./s1. The second kappa shape index (κ2) is 15.9. The Kier molecular flexibility index (Phi) is 16.8. The smallest absolute Gasteiger partial charge is 0.326 e. The minimum Gasteiger partial charge on any atom is -0.481 e. The van der Waals surface area contributed by atoms with Crippen molar-refractivity contribution < 1.29 is 44.1 Å². The zero-order valence-electron chi connectivity index (χ0n) is 14.2. The Morgan fingerprint density at radius 3 is 1.78 bits per heavy atom. The monoisotopic (exact) mass is 379 g/mol. The fraction of sp³-hybridized carbons (Fsp3) is 0.812.